The van der Waals surface area contributed by atoms with E-state index in [4.69, 9.17) is 5.11 Å². The summed E-state index contributed by atoms with van der Waals surface area (Å²) in [4.78, 5) is 22.2. The zero-order valence-corrected chi connectivity index (χ0v) is 9.83. The van der Waals surface area contributed by atoms with Crippen molar-refractivity contribution in [1.29, 1.82) is 0 Å². The maximum absolute atomic E-state index is 13.6. The Labute approximate surface area is 112 Å². The van der Waals surface area contributed by atoms with Crippen LogP contribution in [0.2, 0.25) is 0 Å². The lowest BCUT2D eigenvalue weighted by atomic mass is 10.2. The van der Waals surface area contributed by atoms with E-state index in [-0.39, 0.29) is 4.57 Å². The molecule has 0 saturated carbocycles. The van der Waals surface area contributed by atoms with Crippen LogP contribution >= 0.6 is 0 Å². The highest BCUT2D eigenvalue weighted by molar-refractivity contribution is 5.87. The number of carboxylic acids is 1. The van der Waals surface area contributed by atoms with E-state index in [1.165, 1.54) is 0 Å². The second kappa shape index (κ2) is 5.00. The van der Waals surface area contributed by atoms with Crippen molar-refractivity contribution in [3.63, 3.8) is 0 Å². The van der Waals surface area contributed by atoms with Crippen LogP contribution in [-0.4, -0.2) is 15.6 Å². The molecule has 0 aliphatic heterocycles. The normalized spacial score (nSPS) is 10.7. The van der Waals surface area contributed by atoms with Crippen LogP contribution in [0.5, 0.6) is 0 Å². The van der Waals surface area contributed by atoms with Gasteiger partial charge >= 0.3 is 5.97 Å². The zero-order valence-electron chi connectivity index (χ0n) is 9.83. The number of nitrogens with zero attached hydrogens (tertiary/aromatic N) is 1. The van der Waals surface area contributed by atoms with Gasteiger partial charge in [-0.05, 0) is 6.07 Å². The molecule has 0 unspecified atom stereocenters. The molecule has 0 amide bonds. The van der Waals surface area contributed by atoms with Gasteiger partial charge in [-0.25, -0.2) is 26.7 Å². The van der Waals surface area contributed by atoms with Crippen molar-refractivity contribution in [2.45, 2.75) is 0 Å². The molecule has 2 rings (SSSR count). The van der Waals surface area contributed by atoms with Crippen LogP contribution in [0.1, 0.15) is 10.4 Å². The van der Waals surface area contributed by atoms with E-state index < -0.39 is 51.9 Å². The molecule has 0 aliphatic carbocycles. The third kappa shape index (κ3) is 2.26. The smallest absolute Gasteiger partial charge is 0.337 e. The van der Waals surface area contributed by atoms with E-state index in [1.54, 1.807) is 0 Å². The number of rotatable bonds is 2. The number of pyridine rings is 1. The minimum absolute atomic E-state index is 0.0414. The topological polar surface area (TPSA) is 59.3 Å². The predicted molar refractivity (Wildman–Crippen MR) is 58.8 cm³/mol. The molecule has 110 valence electrons. The molecule has 1 aromatic carbocycles. The van der Waals surface area contributed by atoms with Crippen LogP contribution in [0.3, 0.4) is 0 Å². The second-order valence-corrected chi connectivity index (χ2v) is 3.85. The molecule has 0 atom stereocenters. The van der Waals surface area contributed by atoms with Crippen molar-refractivity contribution < 1.29 is 31.9 Å². The largest absolute Gasteiger partial charge is 0.478 e. The summed E-state index contributed by atoms with van der Waals surface area (Å²) in [6, 6.07) is 1.45. The summed E-state index contributed by atoms with van der Waals surface area (Å²) < 4.78 is 66.3. The maximum Gasteiger partial charge on any atom is 0.337 e. The Bertz CT molecular complexity index is 786. The van der Waals surface area contributed by atoms with Gasteiger partial charge in [-0.15, -0.1) is 0 Å². The molecule has 0 fully saturated rings. The summed E-state index contributed by atoms with van der Waals surface area (Å²) >= 11 is 0. The molecule has 1 aromatic heterocycles. The molecule has 21 heavy (non-hydrogen) atoms. The predicted octanol–water partition coefficient (Wildman–Crippen LogP) is 2.23. The Hall–Kier alpha value is -2.71. The first kappa shape index (κ1) is 14.7. The molecule has 0 spiro atoms. The summed E-state index contributed by atoms with van der Waals surface area (Å²) in [7, 11) is 0. The van der Waals surface area contributed by atoms with Crippen LogP contribution in [-0.2, 0) is 0 Å². The number of carbonyl (C=O) groups is 1. The van der Waals surface area contributed by atoms with Gasteiger partial charge in [0.05, 0.1) is 5.56 Å². The number of hydrogen-bond donors (Lipinski definition) is 1. The van der Waals surface area contributed by atoms with Gasteiger partial charge < -0.3 is 5.11 Å². The number of benzene rings is 1. The van der Waals surface area contributed by atoms with E-state index in [9.17, 15) is 31.5 Å². The molecule has 9 heteroatoms. The van der Waals surface area contributed by atoms with Crippen molar-refractivity contribution >= 4 is 5.97 Å². The minimum atomic E-state index is -2.38. The molecule has 1 N–H and O–H groups in total. The molecule has 0 bridgehead atoms. The first-order chi connectivity index (χ1) is 9.75. The third-order valence-corrected chi connectivity index (χ3v) is 2.59. The summed E-state index contributed by atoms with van der Waals surface area (Å²) in [6.45, 7) is 0. The van der Waals surface area contributed by atoms with Crippen LogP contribution in [0.25, 0.3) is 5.69 Å². The van der Waals surface area contributed by atoms with Gasteiger partial charge in [-0.2, -0.15) is 0 Å². The number of hydrogen-bond acceptors (Lipinski definition) is 2. The zero-order chi connectivity index (χ0) is 15.9. The highest BCUT2D eigenvalue weighted by Crippen LogP contribution is 2.25. The number of carboxylic acid groups (broad SMARTS) is 1. The highest BCUT2D eigenvalue weighted by Gasteiger charge is 2.27. The number of aromatic nitrogens is 1. The number of aromatic carboxylic acids is 1. The molecule has 0 saturated heterocycles. The third-order valence-electron chi connectivity index (χ3n) is 2.59. The molecule has 4 nitrogen and oxygen atoms in total. The SMILES string of the molecule is O=C(O)c1ccc(=O)n(-c2c(F)c(F)c(F)c(F)c2F)c1. The van der Waals surface area contributed by atoms with Gasteiger partial charge in [0, 0.05) is 12.3 Å². The first-order valence-corrected chi connectivity index (χ1v) is 5.23. The summed E-state index contributed by atoms with van der Waals surface area (Å²) in [6.07, 6.45) is 0.461. The van der Waals surface area contributed by atoms with Crippen LogP contribution in [0, 0.1) is 29.1 Å². The Morgan fingerprint density at radius 2 is 1.38 bits per heavy atom. The van der Waals surface area contributed by atoms with Crippen molar-refractivity contribution in [3.8, 4) is 5.69 Å². The lowest BCUT2D eigenvalue weighted by Crippen LogP contribution is -2.22. The van der Waals surface area contributed by atoms with Crippen LogP contribution in [0.4, 0.5) is 22.0 Å². The molecular formula is C12H4F5NO3. The minimum Gasteiger partial charge on any atom is -0.478 e. The fraction of sp³-hybridized carbons (Fsp3) is 0. The van der Waals surface area contributed by atoms with Crippen molar-refractivity contribution in [1.82, 2.24) is 4.57 Å². The lowest BCUT2D eigenvalue weighted by molar-refractivity contribution is 0.0696. The lowest BCUT2D eigenvalue weighted by Gasteiger charge is -2.11. The Morgan fingerprint density at radius 1 is 0.905 bits per heavy atom. The summed E-state index contributed by atoms with van der Waals surface area (Å²) in [5, 5.41) is 8.73. The fourth-order valence-electron chi connectivity index (χ4n) is 1.59. The average Bonchev–Trinajstić information content (AvgIpc) is 2.45. The average molecular weight is 305 g/mol. The van der Waals surface area contributed by atoms with E-state index in [1.807, 2.05) is 0 Å². The Morgan fingerprint density at radius 3 is 1.86 bits per heavy atom. The maximum atomic E-state index is 13.6. The van der Waals surface area contributed by atoms with Gasteiger partial charge in [0.1, 0.15) is 5.69 Å². The van der Waals surface area contributed by atoms with Crippen molar-refractivity contribution in [2.24, 2.45) is 0 Å². The molecule has 0 aliphatic rings. The Balaban J connectivity index is 2.88. The van der Waals surface area contributed by atoms with Gasteiger partial charge in [0.15, 0.2) is 23.3 Å². The second-order valence-electron chi connectivity index (χ2n) is 3.85. The highest BCUT2D eigenvalue weighted by atomic mass is 19.2. The van der Waals surface area contributed by atoms with E-state index in [0.717, 1.165) is 6.07 Å². The van der Waals surface area contributed by atoms with Gasteiger partial charge in [-0.3, -0.25) is 9.36 Å². The fourth-order valence-corrected chi connectivity index (χ4v) is 1.59. The molecule has 2 aromatic rings. The molecule has 0 radical (unpaired) electrons. The van der Waals surface area contributed by atoms with Gasteiger partial charge in [0.2, 0.25) is 5.82 Å². The summed E-state index contributed by atoms with van der Waals surface area (Å²) in [5.41, 5.74) is -3.28. The quantitative estimate of drug-likeness (QED) is 0.526. The van der Waals surface area contributed by atoms with Crippen LogP contribution in [0.15, 0.2) is 23.1 Å². The summed E-state index contributed by atoms with van der Waals surface area (Å²) in [5.74, 6) is -12.9. The van der Waals surface area contributed by atoms with Crippen LogP contribution < -0.4 is 5.56 Å². The van der Waals surface area contributed by atoms with Gasteiger partial charge in [0.25, 0.3) is 5.56 Å². The molecule has 1 heterocycles. The van der Waals surface area contributed by atoms with Crippen molar-refractivity contribution in [3.05, 3.63) is 63.3 Å². The van der Waals surface area contributed by atoms with Crippen molar-refractivity contribution in [2.75, 3.05) is 0 Å². The van der Waals surface area contributed by atoms with Gasteiger partial charge in [-0.1, -0.05) is 0 Å². The number of halogens is 5. The monoisotopic (exact) mass is 305 g/mol. The standard InChI is InChI=1S/C12H4F5NO3/c13-6-7(14)9(16)11(10(17)8(6)15)18-3-4(12(20)21)1-2-5(18)19/h1-3H,(H,20,21). The Kier molecular flexibility index (Phi) is 3.50. The van der Waals surface area contributed by atoms with E-state index >= 15 is 0 Å². The first-order valence-electron chi connectivity index (χ1n) is 5.23. The molecular weight excluding hydrogens is 301 g/mol. The van der Waals surface area contributed by atoms with E-state index in [2.05, 4.69) is 0 Å². The van der Waals surface area contributed by atoms with E-state index in [0.29, 0.717) is 12.3 Å².